The summed E-state index contributed by atoms with van der Waals surface area (Å²) in [6.07, 6.45) is 2.38. The first-order valence-corrected chi connectivity index (χ1v) is 8.76. The van der Waals surface area contributed by atoms with Crippen molar-refractivity contribution in [1.29, 1.82) is 0 Å². The summed E-state index contributed by atoms with van der Waals surface area (Å²) in [4.78, 5) is 25.9. The van der Waals surface area contributed by atoms with Gasteiger partial charge in [-0.2, -0.15) is 0 Å². The van der Waals surface area contributed by atoms with Crippen LogP contribution in [0.5, 0.6) is 11.5 Å². The van der Waals surface area contributed by atoms with Gasteiger partial charge in [0, 0.05) is 25.2 Å². The van der Waals surface area contributed by atoms with Gasteiger partial charge in [-0.25, -0.2) is 4.79 Å². The van der Waals surface area contributed by atoms with Crippen molar-refractivity contribution < 1.29 is 24.2 Å². The van der Waals surface area contributed by atoms with Crippen LogP contribution in [0, 0.1) is 11.3 Å². The van der Waals surface area contributed by atoms with E-state index in [9.17, 15) is 14.7 Å². The fourth-order valence-electron chi connectivity index (χ4n) is 4.15. The van der Waals surface area contributed by atoms with Gasteiger partial charge in [0.25, 0.3) is 0 Å². The van der Waals surface area contributed by atoms with Crippen molar-refractivity contribution in [3.63, 3.8) is 0 Å². The smallest absolute Gasteiger partial charge is 0.321 e. The highest BCUT2D eigenvalue weighted by Gasteiger charge is 2.55. The molecule has 1 aliphatic carbocycles. The first-order chi connectivity index (χ1) is 12.0. The third-order valence-corrected chi connectivity index (χ3v) is 5.77. The molecule has 3 aliphatic rings. The lowest BCUT2D eigenvalue weighted by atomic mass is 9.81. The van der Waals surface area contributed by atoms with Crippen LogP contribution in [0.25, 0.3) is 0 Å². The second-order valence-corrected chi connectivity index (χ2v) is 7.24. The minimum absolute atomic E-state index is 0.0199. The van der Waals surface area contributed by atoms with Crippen molar-refractivity contribution in [1.82, 2.24) is 4.90 Å². The van der Waals surface area contributed by atoms with Gasteiger partial charge in [-0.05, 0) is 18.8 Å². The number of carbonyl (C=O) groups excluding carboxylic acids is 1. The molecular formula is C17H19ClN2O5. The molecule has 2 atom stereocenters. The number of nitrogens with one attached hydrogen (secondary N) is 1. The van der Waals surface area contributed by atoms with Crippen LogP contribution in [0.15, 0.2) is 12.1 Å². The Morgan fingerprint density at radius 1 is 1.28 bits per heavy atom. The number of urea groups is 1. The van der Waals surface area contributed by atoms with E-state index in [0.717, 1.165) is 12.8 Å². The van der Waals surface area contributed by atoms with Crippen molar-refractivity contribution >= 4 is 29.3 Å². The van der Waals surface area contributed by atoms with E-state index < -0.39 is 11.4 Å². The molecule has 25 heavy (non-hydrogen) atoms. The Bertz CT molecular complexity index is 740. The molecule has 8 heteroatoms. The van der Waals surface area contributed by atoms with Gasteiger partial charge in [0.05, 0.1) is 16.1 Å². The second-order valence-electron chi connectivity index (χ2n) is 6.84. The summed E-state index contributed by atoms with van der Waals surface area (Å²) >= 11 is 6.22. The van der Waals surface area contributed by atoms with Gasteiger partial charge in [-0.3, -0.25) is 4.79 Å². The van der Waals surface area contributed by atoms with Gasteiger partial charge in [-0.1, -0.05) is 18.0 Å². The number of rotatable bonds is 2. The largest absolute Gasteiger partial charge is 0.486 e. The van der Waals surface area contributed by atoms with Gasteiger partial charge >= 0.3 is 12.0 Å². The molecule has 1 saturated carbocycles. The zero-order valence-corrected chi connectivity index (χ0v) is 14.3. The average molecular weight is 367 g/mol. The number of likely N-dealkylation sites (tertiary alicyclic amines) is 1. The van der Waals surface area contributed by atoms with E-state index in [4.69, 9.17) is 21.1 Å². The lowest BCUT2D eigenvalue weighted by molar-refractivity contribution is -0.149. The van der Waals surface area contributed by atoms with Crippen LogP contribution >= 0.6 is 11.6 Å². The van der Waals surface area contributed by atoms with Gasteiger partial charge in [-0.15, -0.1) is 0 Å². The van der Waals surface area contributed by atoms with Crippen molar-refractivity contribution in [2.45, 2.75) is 19.3 Å². The second kappa shape index (κ2) is 5.98. The minimum atomic E-state index is -0.803. The molecule has 1 aromatic rings. The summed E-state index contributed by atoms with van der Waals surface area (Å²) in [7, 11) is 0. The third-order valence-electron chi connectivity index (χ3n) is 5.46. The number of anilines is 1. The maximum atomic E-state index is 12.6. The molecule has 0 bridgehead atoms. The van der Waals surface area contributed by atoms with Crippen molar-refractivity contribution in [2.24, 2.45) is 11.3 Å². The summed E-state index contributed by atoms with van der Waals surface area (Å²) < 4.78 is 11.0. The Labute approximate surface area is 149 Å². The summed E-state index contributed by atoms with van der Waals surface area (Å²) in [6.45, 7) is 1.60. The van der Waals surface area contributed by atoms with E-state index >= 15 is 0 Å². The van der Waals surface area contributed by atoms with Crippen molar-refractivity contribution in [2.75, 3.05) is 31.6 Å². The van der Waals surface area contributed by atoms with Gasteiger partial charge in [0.2, 0.25) is 0 Å². The van der Waals surface area contributed by atoms with Gasteiger partial charge in [0.15, 0.2) is 11.5 Å². The summed E-state index contributed by atoms with van der Waals surface area (Å²) in [5.41, 5.74) is -0.370. The van der Waals surface area contributed by atoms with E-state index in [1.807, 2.05) is 0 Å². The van der Waals surface area contributed by atoms with Crippen LogP contribution in [-0.4, -0.2) is 48.3 Å². The van der Waals surface area contributed by atoms with Crippen LogP contribution in [0.4, 0.5) is 10.5 Å². The standard InChI is InChI=1S/C17H19ClN2O5/c18-11-6-13-14(25-5-4-24-13)7-12(11)19-16(23)20-8-10-2-1-3-17(10,9-20)15(21)22/h6-7,10H,1-5,8-9H2,(H,19,23)(H,21,22)/t10-,17+/m0/s1. The number of carbonyl (C=O) groups is 2. The molecular weight excluding hydrogens is 348 g/mol. The molecule has 0 aromatic heterocycles. The SMILES string of the molecule is O=C(Nc1cc2c(cc1Cl)OCCO2)N1C[C@@H]2CCC[C@@]2(C(=O)O)C1. The number of hydrogen-bond donors (Lipinski definition) is 2. The molecule has 2 fully saturated rings. The van der Waals surface area contributed by atoms with E-state index in [1.165, 1.54) is 0 Å². The number of carboxylic acids is 1. The molecule has 0 radical (unpaired) electrons. The molecule has 4 rings (SSSR count). The number of hydrogen-bond acceptors (Lipinski definition) is 4. The molecule has 2 aliphatic heterocycles. The number of amides is 2. The number of nitrogens with zero attached hydrogens (tertiary/aromatic N) is 1. The molecule has 134 valence electrons. The van der Waals surface area contributed by atoms with Crippen LogP contribution in [0.2, 0.25) is 5.02 Å². The van der Waals surface area contributed by atoms with Crippen molar-refractivity contribution in [3.05, 3.63) is 17.2 Å². The Morgan fingerprint density at radius 3 is 2.68 bits per heavy atom. The highest BCUT2D eigenvalue weighted by atomic mass is 35.5. The van der Waals surface area contributed by atoms with Crippen LogP contribution in [-0.2, 0) is 4.79 Å². The average Bonchev–Trinajstić information content (AvgIpc) is 3.14. The van der Waals surface area contributed by atoms with Crippen LogP contribution in [0.1, 0.15) is 19.3 Å². The van der Waals surface area contributed by atoms with E-state index in [-0.39, 0.29) is 18.5 Å². The fourth-order valence-corrected chi connectivity index (χ4v) is 4.35. The van der Waals surface area contributed by atoms with Gasteiger partial charge in [0.1, 0.15) is 13.2 Å². The Hall–Kier alpha value is -2.15. The number of benzene rings is 1. The molecule has 2 N–H and O–H groups in total. The predicted molar refractivity (Wildman–Crippen MR) is 90.4 cm³/mol. The molecule has 1 aromatic carbocycles. The predicted octanol–water partition coefficient (Wildman–Crippen LogP) is 2.83. The molecule has 2 heterocycles. The fraction of sp³-hybridized carbons (Fsp3) is 0.529. The molecule has 0 spiro atoms. The zero-order valence-electron chi connectivity index (χ0n) is 13.6. The number of halogens is 1. The Morgan fingerprint density at radius 2 is 2.00 bits per heavy atom. The quantitative estimate of drug-likeness (QED) is 0.840. The molecule has 1 saturated heterocycles. The molecule has 2 amide bonds. The Kier molecular flexibility index (Phi) is 3.91. The number of carboxylic acid groups (broad SMARTS) is 1. The van der Waals surface area contributed by atoms with Gasteiger partial charge < -0.3 is 24.8 Å². The third kappa shape index (κ3) is 2.66. The normalized spacial score (nSPS) is 27.1. The summed E-state index contributed by atoms with van der Waals surface area (Å²) in [5, 5.41) is 12.8. The maximum Gasteiger partial charge on any atom is 0.321 e. The van der Waals surface area contributed by atoms with E-state index in [0.29, 0.717) is 48.4 Å². The maximum absolute atomic E-state index is 12.6. The van der Waals surface area contributed by atoms with Crippen molar-refractivity contribution in [3.8, 4) is 11.5 Å². The molecule has 0 unspecified atom stereocenters. The minimum Gasteiger partial charge on any atom is -0.486 e. The first kappa shape index (κ1) is 16.3. The van der Waals surface area contributed by atoms with Crippen LogP contribution < -0.4 is 14.8 Å². The Balaban J connectivity index is 1.51. The summed E-state index contributed by atoms with van der Waals surface area (Å²) in [6, 6.07) is 2.91. The van der Waals surface area contributed by atoms with Crippen LogP contribution in [0.3, 0.4) is 0 Å². The lowest BCUT2D eigenvalue weighted by Crippen LogP contribution is -2.38. The number of ether oxygens (including phenoxy) is 2. The zero-order chi connectivity index (χ0) is 17.6. The number of fused-ring (bicyclic) bond motifs is 2. The topological polar surface area (TPSA) is 88.1 Å². The highest BCUT2D eigenvalue weighted by molar-refractivity contribution is 6.34. The first-order valence-electron chi connectivity index (χ1n) is 8.38. The highest BCUT2D eigenvalue weighted by Crippen LogP contribution is 2.49. The van der Waals surface area contributed by atoms with E-state index in [2.05, 4.69) is 5.32 Å². The monoisotopic (exact) mass is 366 g/mol. The molecule has 7 nitrogen and oxygen atoms in total. The number of aliphatic carboxylic acids is 1. The lowest BCUT2D eigenvalue weighted by Gasteiger charge is -2.24. The van der Waals surface area contributed by atoms with E-state index in [1.54, 1.807) is 17.0 Å². The summed E-state index contributed by atoms with van der Waals surface area (Å²) in [5.74, 6) is 0.301.